The van der Waals surface area contributed by atoms with Crippen molar-refractivity contribution >= 4 is 17.2 Å². The van der Waals surface area contributed by atoms with Crippen molar-refractivity contribution < 1.29 is 13.9 Å². The first-order valence-electron chi connectivity index (χ1n) is 6.19. The van der Waals surface area contributed by atoms with Gasteiger partial charge in [-0.3, -0.25) is 10.2 Å². The Morgan fingerprint density at radius 2 is 2.15 bits per heavy atom. The van der Waals surface area contributed by atoms with Gasteiger partial charge in [-0.15, -0.1) is 0 Å². The maximum absolute atomic E-state index is 11.6. The van der Waals surface area contributed by atoms with Crippen LogP contribution < -0.4 is 10.2 Å². The van der Waals surface area contributed by atoms with Gasteiger partial charge in [-0.2, -0.15) is 5.10 Å². The molecular weight excluding hydrogens is 258 g/mol. The molecule has 0 bridgehead atoms. The molecule has 0 aliphatic heterocycles. The number of carbonyl (C=O) groups excluding carboxylic acids is 1. The van der Waals surface area contributed by atoms with Crippen LogP contribution in [0.3, 0.4) is 0 Å². The van der Waals surface area contributed by atoms with E-state index in [1.54, 1.807) is 0 Å². The van der Waals surface area contributed by atoms with Crippen LogP contribution in [0, 0.1) is 0 Å². The number of oxazole rings is 1. The Hall–Kier alpha value is -2.63. The van der Waals surface area contributed by atoms with Gasteiger partial charge >= 0.3 is 5.95 Å². The number of ketones is 1. The van der Waals surface area contributed by atoms with E-state index in [0.29, 0.717) is 6.61 Å². The second kappa shape index (κ2) is 6.51. The Morgan fingerprint density at radius 3 is 2.80 bits per heavy atom. The molecule has 0 spiro atoms. The highest BCUT2D eigenvalue weighted by Gasteiger charge is 2.16. The molecule has 0 saturated carbocycles. The lowest BCUT2D eigenvalue weighted by Gasteiger charge is -2.01. The number of aromatic nitrogens is 1. The van der Waals surface area contributed by atoms with Gasteiger partial charge in [0.05, 0.1) is 12.3 Å². The summed E-state index contributed by atoms with van der Waals surface area (Å²) in [5.74, 6) is 0.138. The van der Waals surface area contributed by atoms with Gasteiger partial charge in [-0.05, 0) is 19.1 Å². The highest BCUT2D eigenvalue weighted by molar-refractivity contribution is 6.44. The maximum atomic E-state index is 11.6. The Bertz CT molecular complexity index is 605. The number of anilines is 1. The van der Waals surface area contributed by atoms with Crippen LogP contribution in [0.15, 0.2) is 46.0 Å². The molecular formula is C14H15N3O3. The van der Waals surface area contributed by atoms with E-state index in [2.05, 4.69) is 15.5 Å². The quantitative estimate of drug-likeness (QED) is 0.646. The van der Waals surface area contributed by atoms with Crippen molar-refractivity contribution in [3.05, 3.63) is 42.4 Å². The number of nitrogens with zero attached hydrogens (tertiary/aromatic N) is 2. The highest BCUT2D eigenvalue weighted by atomic mass is 16.6. The molecule has 0 aliphatic rings. The molecule has 0 unspecified atom stereocenters. The van der Waals surface area contributed by atoms with E-state index in [1.165, 1.54) is 13.1 Å². The molecule has 20 heavy (non-hydrogen) atoms. The maximum Gasteiger partial charge on any atom is 0.305 e. The number of Topliss-reactive ketones (excluding diaryl/α,β-unsaturated/α-hetero) is 1. The van der Waals surface area contributed by atoms with E-state index < -0.39 is 0 Å². The number of carbonyl (C=O) groups is 1. The zero-order valence-electron chi connectivity index (χ0n) is 11.3. The molecule has 0 radical (unpaired) electrons. The van der Waals surface area contributed by atoms with Crippen LogP contribution in [-0.2, 0) is 4.79 Å². The van der Waals surface area contributed by atoms with E-state index in [-0.39, 0.29) is 23.3 Å². The molecule has 104 valence electrons. The molecule has 0 fully saturated rings. The summed E-state index contributed by atoms with van der Waals surface area (Å²) in [7, 11) is 0. The minimum Gasteiger partial charge on any atom is -0.464 e. The number of benzene rings is 1. The Labute approximate surface area is 116 Å². The number of ether oxygens (including phenoxy) is 1. The zero-order valence-corrected chi connectivity index (χ0v) is 11.3. The van der Waals surface area contributed by atoms with Crippen LogP contribution in [0.4, 0.5) is 5.69 Å². The zero-order chi connectivity index (χ0) is 14.4. The van der Waals surface area contributed by atoms with Crippen LogP contribution in [0.25, 0.3) is 0 Å². The van der Waals surface area contributed by atoms with Gasteiger partial charge in [0.15, 0.2) is 11.5 Å². The van der Waals surface area contributed by atoms with Gasteiger partial charge in [-0.1, -0.05) is 18.2 Å². The number of nitrogens with one attached hydrogen (secondary N) is 1. The first-order valence-corrected chi connectivity index (χ1v) is 6.19. The standard InChI is InChI=1S/C14H15N3O3/c1-3-19-12-9-15-14(20-12)13(10(2)18)17-16-11-7-5-4-6-8-11/h4-9,16H,3H2,1-2H3. The second-order valence-corrected chi connectivity index (χ2v) is 3.91. The van der Waals surface area contributed by atoms with Crippen molar-refractivity contribution in [2.24, 2.45) is 5.10 Å². The van der Waals surface area contributed by atoms with Crippen molar-refractivity contribution in [3.63, 3.8) is 0 Å². The van der Waals surface area contributed by atoms with E-state index >= 15 is 0 Å². The average Bonchev–Trinajstić information content (AvgIpc) is 2.89. The largest absolute Gasteiger partial charge is 0.464 e. The summed E-state index contributed by atoms with van der Waals surface area (Å²) in [5, 5.41) is 4.04. The van der Waals surface area contributed by atoms with Gasteiger partial charge in [0.2, 0.25) is 0 Å². The van der Waals surface area contributed by atoms with Crippen LogP contribution >= 0.6 is 0 Å². The lowest BCUT2D eigenvalue weighted by molar-refractivity contribution is -0.111. The van der Waals surface area contributed by atoms with E-state index in [9.17, 15) is 4.79 Å². The van der Waals surface area contributed by atoms with E-state index in [0.717, 1.165) is 5.69 Å². The highest BCUT2D eigenvalue weighted by Crippen LogP contribution is 2.14. The molecule has 1 N–H and O–H groups in total. The van der Waals surface area contributed by atoms with Crippen molar-refractivity contribution in [3.8, 4) is 5.95 Å². The molecule has 1 aromatic heterocycles. The van der Waals surface area contributed by atoms with Gasteiger partial charge in [0.1, 0.15) is 6.20 Å². The molecule has 0 atom stereocenters. The predicted molar refractivity (Wildman–Crippen MR) is 75.0 cm³/mol. The summed E-state index contributed by atoms with van der Waals surface area (Å²) >= 11 is 0. The van der Waals surface area contributed by atoms with Gasteiger partial charge in [-0.25, -0.2) is 4.98 Å². The summed E-state index contributed by atoms with van der Waals surface area (Å²) in [6, 6.07) is 9.29. The minimum atomic E-state index is -0.252. The smallest absolute Gasteiger partial charge is 0.305 e. The molecule has 6 nitrogen and oxygen atoms in total. The van der Waals surface area contributed by atoms with Crippen LogP contribution in [0.5, 0.6) is 5.95 Å². The number of para-hydroxylation sites is 1. The van der Waals surface area contributed by atoms with Crippen molar-refractivity contribution in [2.75, 3.05) is 12.0 Å². The molecule has 2 rings (SSSR count). The average molecular weight is 273 g/mol. The molecule has 1 aromatic carbocycles. The molecule has 1 heterocycles. The minimum absolute atomic E-state index is 0.111. The molecule has 0 amide bonds. The lowest BCUT2D eigenvalue weighted by Crippen LogP contribution is -2.14. The van der Waals surface area contributed by atoms with Gasteiger partial charge < -0.3 is 9.15 Å². The first-order chi connectivity index (χ1) is 9.70. The monoisotopic (exact) mass is 273 g/mol. The number of hydrazone groups is 1. The van der Waals surface area contributed by atoms with E-state index in [4.69, 9.17) is 9.15 Å². The summed E-state index contributed by atoms with van der Waals surface area (Å²) in [6.07, 6.45) is 1.42. The molecule has 2 aromatic rings. The van der Waals surface area contributed by atoms with Crippen molar-refractivity contribution in [1.29, 1.82) is 0 Å². The normalized spacial score (nSPS) is 11.2. The first kappa shape index (κ1) is 13.8. The van der Waals surface area contributed by atoms with Crippen molar-refractivity contribution in [2.45, 2.75) is 13.8 Å². The third-order valence-electron chi connectivity index (χ3n) is 2.38. The summed E-state index contributed by atoms with van der Waals surface area (Å²) in [4.78, 5) is 15.6. The Kier molecular flexibility index (Phi) is 4.49. The number of hydrogen-bond donors (Lipinski definition) is 1. The van der Waals surface area contributed by atoms with E-state index in [1.807, 2.05) is 37.3 Å². The van der Waals surface area contributed by atoms with Crippen LogP contribution in [0.1, 0.15) is 19.7 Å². The topological polar surface area (TPSA) is 76.7 Å². The SMILES string of the molecule is CCOc1cnc(C(=NNc2ccccc2)C(C)=O)o1. The van der Waals surface area contributed by atoms with Crippen LogP contribution in [-0.4, -0.2) is 23.1 Å². The molecule has 6 heteroatoms. The molecule has 0 aliphatic carbocycles. The third-order valence-corrected chi connectivity index (χ3v) is 2.38. The summed E-state index contributed by atoms with van der Waals surface area (Å²) < 4.78 is 10.5. The van der Waals surface area contributed by atoms with Gasteiger partial charge in [0, 0.05) is 6.92 Å². The fourth-order valence-electron chi connectivity index (χ4n) is 1.49. The second-order valence-electron chi connectivity index (χ2n) is 3.91. The Morgan fingerprint density at radius 1 is 1.40 bits per heavy atom. The fourth-order valence-corrected chi connectivity index (χ4v) is 1.49. The number of hydrogen-bond acceptors (Lipinski definition) is 6. The van der Waals surface area contributed by atoms with Gasteiger partial charge in [0.25, 0.3) is 5.89 Å². The van der Waals surface area contributed by atoms with Crippen molar-refractivity contribution in [1.82, 2.24) is 4.98 Å². The molecule has 0 saturated heterocycles. The third kappa shape index (κ3) is 3.44. The number of rotatable bonds is 6. The summed E-state index contributed by atoms with van der Waals surface area (Å²) in [5.41, 5.74) is 3.67. The fraction of sp³-hybridized carbons (Fsp3) is 0.214. The summed E-state index contributed by atoms with van der Waals surface area (Å²) in [6.45, 7) is 3.69. The lowest BCUT2D eigenvalue weighted by atomic mass is 10.3. The van der Waals surface area contributed by atoms with Crippen LogP contribution in [0.2, 0.25) is 0 Å². The predicted octanol–water partition coefficient (Wildman–Crippen LogP) is 2.48. The Balaban J connectivity index is 2.19.